The fourth-order valence-electron chi connectivity index (χ4n) is 1.87. The van der Waals surface area contributed by atoms with Crippen LogP contribution in [-0.2, 0) is 14.0 Å². The molecule has 0 bridgehead atoms. The lowest BCUT2D eigenvalue weighted by molar-refractivity contribution is -0.137. The van der Waals surface area contributed by atoms with Gasteiger partial charge in [-0.3, -0.25) is 0 Å². The van der Waals surface area contributed by atoms with Crippen LogP contribution in [0.4, 0.5) is 0 Å². The highest BCUT2D eigenvalue weighted by atomic mass is 28.4. The van der Waals surface area contributed by atoms with E-state index in [2.05, 4.69) is 13.1 Å². The fraction of sp³-hybridized carbons (Fsp3) is 0.727. The second kappa shape index (κ2) is 6.08. The molecule has 1 aliphatic heterocycles. The summed E-state index contributed by atoms with van der Waals surface area (Å²) in [5.41, 5.74) is 0. The van der Waals surface area contributed by atoms with Gasteiger partial charge in [-0.1, -0.05) is 13.0 Å². The van der Waals surface area contributed by atoms with Gasteiger partial charge in [-0.2, -0.15) is 0 Å². The van der Waals surface area contributed by atoms with Crippen LogP contribution in [0.15, 0.2) is 12.7 Å². The summed E-state index contributed by atoms with van der Waals surface area (Å²) >= 11 is 0. The van der Waals surface area contributed by atoms with Gasteiger partial charge in [0.05, 0.1) is 6.61 Å². The molecule has 1 unspecified atom stereocenters. The van der Waals surface area contributed by atoms with E-state index in [1.165, 1.54) is 25.0 Å². The van der Waals surface area contributed by atoms with Crippen molar-refractivity contribution in [3.05, 3.63) is 12.7 Å². The fourth-order valence-corrected chi connectivity index (χ4v) is 4.93. The van der Waals surface area contributed by atoms with Crippen molar-refractivity contribution in [2.24, 2.45) is 0 Å². The van der Waals surface area contributed by atoms with E-state index >= 15 is 0 Å². The summed E-state index contributed by atoms with van der Waals surface area (Å²) in [6, 6.07) is 2.35. The number of hydrogen-bond donors (Lipinski definition) is 0. The molecule has 0 spiro atoms. The minimum atomic E-state index is -1.44. The molecule has 0 saturated carbocycles. The zero-order chi connectivity index (χ0) is 11.1. The van der Waals surface area contributed by atoms with Crippen LogP contribution in [0.25, 0.3) is 0 Å². The summed E-state index contributed by atoms with van der Waals surface area (Å²) in [6.07, 6.45) is 4.63. The molecule has 1 atom stereocenters. The maximum absolute atomic E-state index is 10.8. The molecule has 15 heavy (non-hydrogen) atoms. The molecular formula is C11H20O3Si. The van der Waals surface area contributed by atoms with Crippen LogP contribution >= 0.6 is 0 Å². The van der Waals surface area contributed by atoms with Crippen molar-refractivity contribution in [3.8, 4) is 0 Å². The first-order chi connectivity index (χ1) is 7.16. The number of ether oxygens (including phenoxy) is 1. The number of hydrogen-bond acceptors (Lipinski definition) is 3. The molecule has 0 N–H and O–H groups in total. The molecule has 4 heteroatoms. The summed E-state index contributed by atoms with van der Waals surface area (Å²) in [4.78, 5) is 10.8. The Morgan fingerprint density at radius 3 is 3.00 bits per heavy atom. The Bertz CT molecular complexity index is 222. The number of carbonyl (C=O) groups is 1. The molecule has 0 amide bonds. The largest absolute Gasteiger partial charge is 0.463 e. The number of esters is 1. The summed E-state index contributed by atoms with van der Waals surface area (Å²) in [5, 5.41) is 0. The van der Waals surface area contributed by atoms with Gasteiger partial charge < -0.3 is 9.16 Å². The minimum Gasteiger partial charge on any atom is -0.463 e. The van der Waals surface area contributed by atoms with Crippen molar-refractivity contribution in [1.82, 2.24) is 0 Å². The highest BCUT2D eigenvalue weighted by molar-refractivity contribution is 6.72. The van der Waals surface area contributed by atoms with Gasteiger partial charge in [0.2, 0.25) is 0 Å². The van der Waals surface area contributed by atoms with E-state index in [0.29, 0.717) is 6.61 Å². The van der Waals surface area contributed by atoms with E-state index in [1.807, 2.05) is 0 Å². The molecular weight excluding hydrogens is 208 g/mol. The lowest BCUT2D eigenvalue weighted by Gasteiger charge is -2.31. The predicted octanol–water partition coefficient (Wildman–Crippen LogP) is 2.49. The van der Waals surface area contributed by atoms with Gasteiger partial charge in [0.25, 0.3) is 0 Å². The summed E-state index contributed by atoms with van der Waals surface area (Å²) in [7, 11) is -1.44. The Balaban J connectivity index is 2.13. The molecule has 0 aromatic heterocycles. The third-order valence-corrected chi connectivity index (χ3v) is 6.53. The molecule has 0 radical (unpaired) electrons. The second-order valence-electron chi connectivity index (χ2n) is 4.23. The third-order valence-electron chi connectivity index (χ3n) is 2.81. The Kier molecular flexibility index (Phi) is 5.05. The van der Waals surface area contributed by atoms with Gasteiger partial charge >= 0.3 is 5.97 Å². The molecule has 1 heterocycles. The quantitative estimate of drug-likeness (QED) is 0.314. The van der Waals surface area contributed by atoms with E-state index in [1.54, 1.807) is 0 Å². The van der Waals surface area contributed by atoms with Gasteiger partial charge in [0.1, 0.15) is 0 Å². The van der Waals surface area contributed by atoms with Crippen molar-refractivity contribution >= 4 is 14.3 Å². The van der Waals surface area contributed by atoms with Crippen molar-refractivity contribution < 1.29 is 14.0 Å². The zero-order valence-corrected chi connectivity index (χ0v) is 10.5. The smallest absolute Gasteiger partial charge is 0.330 e. The molecule has 0 aromatic rings. The van der Waals surface area contributed by atoms with Gasteiger partial charge in [-0.05, 0) is 31.5 Å². The Hall–Kier alpha value is -0.613. The highest BCUT2D eigenvalue weighted by Gasteiger charge is 2.30. The van der Waals surface area contributed by atoms with Crippen molar-refractivity contribution in [2.45, 2.75) is 37.9 Å². The topological polar surface area (TPSA) is 35.5 Å². The number of carbonyl (C=O) groups excluding carboxylic acids is 1. The van der Waals surface area contributed by atoms with Crippen LogP contribution in [0.2, 0.25) is 18.6 Å². The first-order valence-electron chi connectivity index (χ1n) is 5.59. The predicted molar refractivity (Wildman–Crippen MR) is 62.2 cm³/mol. The Morgan fingerprint density at radius 2 is 2.40 bits per heavy atom. The van der Waals surface area contributed by atoms with E-state index in [-0.39, 0.29) is 5.97 Å². The molecule has 3 nitrogen and oxygen atoms in total. The first kappa shape index (κ1) is 12.5. The lowest BCUT2D eigenvalue weighted by Crippen LogP contribution is -2.37. The van der Waals surface area contributed by atoms with Crippen molar-refractivity contribution in [1.29, 1.82) is 0 Å². The van der Waals surface area contributed by atoms with E-state index in [0.717, 1.165) is 19.1 Å². The monoisotopic (exact) mass is 228 g/mol. The van der Waals surface area contributed by atoms with E-state index in [4.69, 9.17) is 9.16 Å². The molecule has 0 aromatic carbocycles. The van der Waals surface area contributed by atoms with E-state index < -0.39 is 8.32 Å². The minimum absolute atomic E-state index is 0.327. The molecule has 86 valence electrons. The SMILES string of the molecule is C=CC(=O)OCCC[Si]1(C)CCCCO1. The molecule has 0 aliphatic carbocycles. The maximum Gasteiger partial charge on any atom is 0.330 e. The van der Waals surface area contributed by atoms with E-state index in [9.17, 15) is 4.79 Å². The highest BCUT2D eigenvalue weighted by Crippen LogP contribution is 2.26. The van der Waals surface area contributed by atoms with Crippen LogP contribution in [-0.4, -0.2) is 27.5 Å². The van der Waals surface area contributed by atoms with Gasteiger partial charge in [-0.25, -0.2) is 4.79 Å². The molecule has 1 rings (SSSR count). The lowest BCUT2D eigenvalue weighted by atomic mass is 10.4. The Morgan fingerprint density at radius 1 is 1.60 bits per heavy atom. The van der Waals surface area contributed by atoms with Gasteiger partial charge in [0, 0.05) is 12.7 Å². The first-order valence-corrected chi connectivity index (χ1v) is 8.42. The average molecular weight is 228 g/mol. The maximum atomic E-state index is 10.8. The molecule has 1 fully saturated rings. The van der Waals surface area contributed by atoms with Gasteiger partial charge in [0.15, 0.2) is 8.32 Å². The second-order valence-corrected chi connectivity index (χ2v) is 8.42. The number of rotatable bonds is 5. The summed E-state index contributed by atoms with van der Waals surface area (Å²) in [6.45, 7) is 7.05. The van der Waals surface area contributed by atoms with Crippen LogP contribution in [0.3, 0.4) is 0 Å². The normalized spacial score (nSPS) is 25.9. The van der Waals surface area contributed by atoms with Crippen LogP contribution < -0.4 is 0 Å². The summed E-state index contributed by atoms with van der Waals surface area (Å²) in [5.74, 6) is -0.327. The van der Waals surface area contributed by atoms with Crippen LogP contribution in [0.5, 0.6) is 0 Å². The Labute approximate surface area is 92.6 Å². The van der Waals surface area contributed by atoms with Gasteiger partial charge in [-0.15, -0.1) is 0 Å². The molecule has 1 saturated heterocycles. The van der Waals surface area contributed by atoms with Crippen molar-refractivity contribution in [3.63, 3.8) is 0 Å². The van der Waals surface area contributed by atoms with Crippen molar-refractivity contribution in [2.75, 3.05) is 13.2 Å². The third kappa shape index (κ3) is 4.62. The van der Waals surface area contributed by atoms with Crippen LogP contribution in [0.1, 0.15) is 19.3 Å². The van der Waals surface area contributed by atoms with Crippen LogP contribution in [0, 0.1) is 0 Å². The average Bonchev–Trinajstić information content (AvgIpc) is 2.25. The standard InChI is InChI=1S/C11H20O3Si/c1-3-11(12)13-7-6-10-15(2)9-5-4-8-14-15/h3H,1,4-10H2,2H3. The zero-order valence-electron chi connectivity index (χ0n) is 9.46. The summed E-state index contributed by atoms with van der Waals surface area (Å²) < 4.78 is 10.8. The molecule has 1 aliphatic rings.